The van der Waals surface area contributed by atoms with Crippen molar-refractivity contribution in [1.82, 2.24) is 0 Å². The molecule has 0 radical (unpaired) electrons. The maximum absolute atomic E-state index is 9.34. The highest BCUT2D eigenvalue weighted by Gasteiger charge is 2.21. The van der Waals surface area contributed by atoms with Crippen LogP contribution in [0.2, 0.25) is 0 Å². The Labute approximate surface area is 274 Å². The Kier molecular flexibility index (Phi) is 4.15. The monoisotopic (exact) mass is 581 g/mol. The molecule has 0 aliphatic carbocycles. The molecule has 1 heteroatoms. The zero-order chi connectivity index (χ0) is 37.6. The van der Waals surface area contributed by atoms with Crippen LogP contribution in [0.1, 0.15) is 12.3 Å². The van der Waals surface area contributed by atoms with Gasteiger partial charge in [-0.05, 0) is 84.3 Å². The van der Waals surface area contributed by atoms with Gasteiger partial charge in [-0.15, -0.1) is 0 Å². The Morgan fingerprint density at radius 1 is 0.356 bits per heavy atom. The molecule has 0 atom stereocenters. The summed E-state index contributed by atoms with van der Waals surface area (Å²) in [5.41, 5.74) is 4.41. The smallest absolute Gasteiger partial charge is 0.136 e. The van der Waals surface area contributed by atoms with Crippen LogP contribution in [0.3, 0.4) is 0 Å². The third-order valence-electron chi connectivity index (χ3n) is 8.42. The fourth-order valence-corrected chi connectivity index (χ4v) is 6.44. The SMILES string of the molecule is [2H]c1c([2H])c([2H])c(-c2cc3oc4ccccc4c3cc2-c2c3ccccc3c(-c3c([2H])c([2H])c(-c4ccccc4)c([2H])c3[2H])c3ccccc23)c([2H])c1[2H]. The van der Waals surface area contributed by atoms with Crippen LogP contribution in [-0.4, -0.2) is 0 Å². The van der Waals surface area contributed by atoms with E-state index in [-0.39, 0.29) is 52.9 Å². The van der Waals surface area contributed by atoms with Crippen molar-refractivity contribution >= 4 is 43.5 Å². The molecule has 0 amide bonds. The molecular formula is C44H28O. The molecule has 0 saturated heterocycles. The predicted octanol–water partition coefficient (Wildman–Crippen LogP) is 12.6. The van der Waals surface area contributed by atoms with Crippen molar-refractivity contribution in [2.45, 2.75) is 0 Å². The molecule has 0 aliphatic heterocycles. The van der Waals surface area contributed by atoms with Crippen LogP contribution in [0.4, 0.5) is 0 Å². The maximum Gasteiger partial charge on any atom is 0.136 e. The second-order valence-corrected chi connectivity index (χ2v) is 10.9. The minimum absolute atomic E-state index is 0.0340. The first kappa shape index (κ1) is 18.0. The van der Waals surface area contributed by atoms with E-state index in [2.05, 4.69) is 0 Å². The number of para-hydroxylation sites is 1. The Morgan fingerprint density at radius 2 is 0.911 bits per heavy atom. The largest absolute Gasteiger partial charge is 0.456 e. The van der Waals surface area contributed by atoms with E-state index in [0.717, 1.165) is 27.1 Å². The molecule has 9 rings (SSSR count). The predicted molar refractivity (Wildman–Crippen MR) is 190 cm³/mol. The second kappa shape index (κ2) is 10.4. The van der Waals surface area contributed by atoms with Crippen molar-refractivity contribution in [3.05, 3.63) is 170 Å². The van der Waals surface area contributed by atoms with Gasteiger partial charge in [0.15, 0.2) is 0 Å². The molecule has 0 aliphatic rings. The molecule has 210 valence electrons. The zero-order valence-corrected chi connectivity index (χ0v) is 23.9. The molecule has 0 N–H and O–H groups in total. The normalized spacial score (nSPS) is 14.4. The molecule has 0 spiro atoms. The van der Waals surface area contributed by atoms with Crippen molar-refractivity contribution in [3.8, 4) is 44.5 Å². The fraction of sp³-hybridized carbons (Fsp3) is 0. The highest BCUT2D eigenvalue weighted by Crippen LogP contribution is 2.48. The Bertz CT molecular complexity index is 2930. The third-order valence-corrected chi connectivity index (χ3v) is 8.42. The van der Waals surface area contributed by atoms with E-state index in [0.29, 0.717) is 44.2 Å². The van der Waals surface area contributed by atoms with Crippen molar-refractivity contribution in [2.24, 2.45) is 0 Å². The van der Waals surface area contributed by atoms with E-state index in [4.69, 9.17) is 14.0 Å². The minimum atomic E-state index is -0.487. The van der Waals surface area contributed by atoms with E-state index >= 15 is 0 Å². The quantitative estimate of drug-likeness (QED) is 0.188. The van der Waals surface area contributed by atoms with Crippen LogP contribution in [0, 0.1) is 0 Å². The van der Waals surface area contributed by atoms with Gasteiger partial charge >= 0.3 is 0 Å². The van der Waals surface area contributed by atoms with Crippen molar-refractivity contribution in [3.63, 3.8) is 0 Å². The lowest BCUT2D eigenvalue weighted by molar-refractivity contribution is 0.669. The minimum Gasteiger partial charge on any atom is -0.456 e. The summed E-state index contributed by atoms with van der Waals surface area (Å²) >= 11 is 0. The molecule has 0 unspecified atom stereocenters. The van der Waals surface area contributed by atoms with E-state index in [1.807, 2.05) is 84.9 Å². The van der Waals surface area contributed by atoms with Gasteiger partial charge in [0.1, 0.15) is 11.2 Å². The van der Waals surface area contributed by atoms with Crippen LogP contribution in [-0.2, 0) is 0 Å². The molecular weight excluding hydrogens is 544 g/mol. The highest BCUT2D eigenvalue weighted by molar-refractivity contribution is 6.23. The average Bonchev–Trinajstić information content (AvgIpc) is 3.56. The molecule has 0 bridgehead atoms. The lowest BCUT2D eigenvalue weighted by Crippen LogP contribution is -1.93. The molecule has 45 heavy (non-hydrogen) atoms. The van der Waals surface area contributed by atoms with Gasteiger partial charge in [-0.1, -0.05) is 151 Å². The first-order valence-electron chi connectivity index (χ1n) is 19.2. The van der Waals surface area contributed by atoms with Gasteiger partial charge in [0.05, 0.1) is 12.3 Å². The molecule has 0 fully saturated rings. The molecule has 8 aromatic carbocycles. The molecule has 1 nitrogen and oxygen atoms in total. The summed E-state index contributed by atoms with van der Waals surface area (Å²) in [6, 6.07) is 32.8. The van der Waals surface area contributed by atoms with Crippen molar-refractivity contribution in [1.29, 1.82) is 0 Å². The topological polar surface area (TPSA) is 13.1 Å². The number of benzene rings is 8. The fourth-order valence-electron chi connectivity index (χ4n) is 6.44. The lowest BCUT2D eigenvalue weighted by Gasteiger charge is -2.20. The lowest BCUT2D eigenvalue weighted by atomic mass is 9.83. The maximum atomic E-state index is 9.34. The highest BCUT2D eigenvalue weighted by atomic mass is 16.3. The summed E-state index contributed by atoms with van der Waals surface area (Å²) in [6.45, 7) is 0. The summed E-state index contributed by atoms with van der Waals surface area (Å²) < 4.78 is 86.6. The average molecular weight is 582 g/mol. The molecule has 9 aromatic rings. The number of furan rings is 1. The van der Waals surface area contributed by atoms with Crippen LogP contribution in [0.25, 0.3) is 88.0 Å². The first-order chi connectivity index (χ1) is 26.1. The van der Waals surface area contributed by atoms with Crippen LogP contribution < -0.4 is 0 Å². The number of rotatable bonds is 4. The summed E-state index contributed by atoms with van der Waals surface area (Å²) in [5, 5.41) is 4.41. The van der Waals surface area contributed by atoms with Crippen LogP contribution in [0.5, 0.6) is 0 Å². The van der Waals surface area contributed by atoms with E-state index in [1.54, 1.807) is 30.3 Å². The Balaban J connectivity index is 1.45. The van der Waals surface area contributed by atoms with E-state index < -0.39 is 18.1 Å². The van der Waals surface area contributed by atoms with E-state index in [1.165, 1.54) is 0 Å². The molecule has 1 aromatic heterocycles. The van der Waals surface area contributed by atoms with Gasteiger partial charge < -0.3 is 4.42 Å². The Hall–Kier alpha value is -5.92. The standard InChI is InChI=1S/C44H28O/c1-3-13-29(14-4-1)30-23-25-32(26-24-30)43-34-18-7-9-20-36(34)44(37-21-10-8-19-35(37)43)40-27-39-33-17-11-12-22-41(33)45-42(39)28-38(40)31-15-5-2-6-16-31/h1-28H/i2D,5D,6D,15D,16D,23D,24D,25D,26D. The summed E-state index contributed by atoms with van der Waals surface area (Å²) in [7, 11) is 0. The summed E-state index contributed by atoms with van der Waals surface area (Å²) in [4.78, 5) is 0. The van der Waals surface area contributed by atoms with Gasteiger partial charge in [-0.2, -0.15) is 0 Å². The number of fused-ring (bicyclic) bond motifs is 5. The molecule has 0 saturated carbocycles. The second-order valence-electron chi connectivity index (χ2n) is 10.9. The molecule has 1 heterocycles. The van der Waals surface area contributed by atoms with Crippen LogP contribution >= 0.6 is 0 Å². The Morgan fingerprint density at radius 3 is 1.58 bits per heavy atom. The van der Waals surface area contributed by atoms with Crippen molar-refractivity contribution < 1.29 is 16.8 Å². The first-order valence-corrected chi connectivity index (χ1v) is 14.7. The van der Waals surface area contributed by atoms with Gasteiger partial charge in [0.2, 0.25) is 0 Å². The summed E-state index contributed by atoms with van der Waals surface area (Å²) in [5.74, 6) is 0. The number of hydrogen-bond acceptors (Lipinski definition) is 1. The number of hydrogen-bond donors (Lipinski definition) is 0. The summed E-state index contributed by atoms with van der Waals surface area (Å²) in [6.07, 6.45) is 0. The van der Waals surface area contributed by atoms with Gasteiger partial charge in [0, 0.05) is 10.8 Å². The zero-order valence-electron chi connectivity index (χ0n) is 32.9. The van der Waals surface area contributed by atoms with Crippen LogP contribution in [0.15, 0.2) is 174 Å². The van der Waals surface area contributed by atoms with Crippen molar-refractivity contribution in [2.75, 3.05) is 0 Å². The van der Waals surface area contributed by atoms with Gasteiger partial charge in [0.25, 0.3) is 0 Å². The van der Waals surface area contributed by atoms with E-state index in [9.17, 15) is 2.74 Å². The van der Waals surface area contributed by atoms with Gasteiger partial charge in [-0.25, -0.2) is 0 Å². The van der Waals surface area contributed by atoms with Gasteiger partial charge in [-0.3, -0.25) is 0 Å². The third kappa shape index (κ3) is 4.17.